The lowest BCUT2D eigenvalue weighted by Gasteiger charge is -2.11. The zero-order valence-electron chi connectivity index (χ0n) is 13.6. The Morgan fingerprint density at radius 2 is 1.69 bits per heavy atom. The summed E-state index contributed by atoms with van der Waals surface area (Å²) in [6.07, 6.45) is -4.83. The summed E-state index contributed by atoms with van der Waals surface area (Å²) in [5.41, 5.74) is -1.66. The molecule has 3 rings (SSSR count). The van der Waals surface area contributed by atoms with Gasteiger partial charge in [-0.3, -0.25) is 9.48 Å². The number of aromatic hydroxyl groups is 1. The predicted molar refractivity (Wildman–Crippen MR) is 89.7 cm³/mol. The zero-order valence-corrected chi connectivity index (χ0v) is 13.6. The number of phenols is 1. The third-order valence-electron chi connectivity index (χ3n) is 3.73. The summed E-state index contributed by atoms with van der Waals surface area (Å²) in [5, 5.41) is 16.0. The Bertz CT molecular complexity index is 950. The molecule has 0 saturated carbocycles. The van der Waals surface area contributed by atoms with Crippen molar-refractivity contribution in [2.75, 3.05) is 5.32 Å². The normalized spacial score (nSPS) is 11.4. The SMILES string of the molecule is Cn1nc(C(F)(F)F)c(C(=O)Nc2ccccc2)c1-c1ccccc1O. The standard InChI is InChI=1S/C18H14F3N3O2/c1-24-15(12-9-5-6-10-13(12)25)14(16(23-24)18(19,20)21)17(26)22-11-7-3-2-4-8-11/h2-10,25H,1H3,(H,22,26). The highest BCUT2D eigenvalue weighted by molar-refractivity contribution is 6.09. The minimum Gasteiger partial charge on any atom is -0.507 e. The van der Waals surface area contributed by atoms with Crippen LogP contribution in [0.15, 0.2) is 54.6 Å². The van der Waals surface area contributed by atoms with Gasteiger partial charge in [-0.05, 0) is 24.3 Å². The molecule has 0 fully saturated rings. The van der Waals surface area contributed by atoms with Gasteiger partial charge < -0.3 is 10.4 Å². The number of nitrogens with one attached hydrogen (secondary N) is 1. The number of halogens is 3. The van der Waals surface area contributed by atoms with Crippen molar-refractivity contribution in [2.45, 2.75) is 6.18 Å². The molecule has 1 amide bonds. The Labute approximate surface area is 146 Å². The van der Waals surface area contributed by atoms with Crippen molar-refractivity contribution in [1.82, 2.24) is 9.78 Å². The van der Waals surface area contributed by atoms with Gasteiger partial charge >= 0.3 is 6.18 Å². The Morgan fingerprint density at radius 1 is 1.08 bits per heavy atom. The summed E-state index contributed by atoms with van der Waals surface area (Å²) in [6, 6.07) is 14.0. The average Bonchev–Trinajstić information content (AvgIpc) is 2.94. The van der Waals surface area contributed by atoms with Gasteiger partial charge in [0, 0.05) is 18.3 Å². The maximum absolute atomic E-state index is 13.4. The topological polar surface area (TPSA) is 67.2 Å². The second-order valence-corrected chi connectivity index (χ2v) is 5.53. The zero-order chi connectivity index (χ0) is 18.9. The van der Waals surface area contributed by atoms with Crippen molar-refractivity contribution >= 4 is 11.6 Å². The minimum absolute atomic E-state index is 0.0798. The van der Waals surface area contributed by atoms with Gasteiger partial charge in [0.25, 0.3) is 5.91 Å². The number of nitrogens with zero attached hydrogens (tertiary/aromatic N) is 2. The van der Waals surface area contributed by atoms with Crippen molar-refractivity contribution in [3.8, 4) is 17.0 Å². The van der Waals surface area contributed by atoms with Crippen LogP contribution in [0, 0.1) is 0 Å². The highest BCUT2D eigenvalue weighted by Crippen LogP contribution is 2.39. The Balaban J connectivity index is 2.18. The second-order valence-electron chi connectivity index (χ2n) is 5.53. The minimum atomic E-state index is -4.83. The second kappa shape index (κ2) is 6.55. The van der Waals surface area contributed by atoms with Gasteiger partial charge in [0.05, 0.1) is 11.3 Å². The van der Waals surface area contributed by atoms with Gasteiger partial charge in [-0.2, -0.15) is 18.3 Å². The van der Waals surface area contributed by atoms with Crippen molar-refractivity contribution < 1.29 is 23.1 Å². The number of hydrogen-bond donors (Lipinski definition) is 2. The lowest BCUT2D eigenvalue weighted by molar-refractivity contribution is -0.141. The Hall–Kier alpha value is -3.29. The van der Waals surface area contributed by atoms with Gasteiger partial charge in [-0.25, -0.2) is 0 Å². The fourth-order valence-corrected chi connectivity index (χ4v) is 2.64. The first-order valence-electron chi connectivity index (χ1n) is 7.58. The van der Waals surface area contributed by atoms with Crippen LogP contribution in [0.3, 0.4) is 0 Å². The quantitative estimate of drug-likeness (QED) is 0.739. The first-order valence-corrected chi connectivity index (χ1v) is 7.58. The predicted octanol–water partition coefficient (Wildman–Crippen LogP) is 4.06. The molecule has 0 saturated heterocycles. The van der Waals surface area contributed by atoms with E-state index in [1.165, 1.54) is 25.2 Å². The molecule has 3 aromatic rings. The van der Waals surface area contributed by atoms with Crippen LogP contribution in [0.25, 0.3) is 11.3 Å². The van der Waals surface area contributed by atoms with Crippen LogP contribution in [0.5, 0.6) is 5.75 Å². The summed E-state index contributed by atoms with van der Waals surface area (Å²) in [4.78, 5) is 12.7. The molecule has 0 bridgehead atoms. The average molecular weight is 361 g/mol. The number of amides is 1. The van der Waals surface area contributed by atoms with Crippen molar-refractivity contribution in [3.63, 3.8) is 0 Å². The highest BCUT2D eigenvalue weighted by Gasteiger charge is 2.41. The van der Waals surface area contributed by atoms with Crippen LogP contribution in [-0.4, -0.2) is 20.8 Å². The molecule has 5 nitrogen and oxygen atoms in total. The van der Waals surface area contributed by atoms with E-state index in [2.05, 4.69) is 10.4 Å². The lowest BCUT2D eigenvalue weighted by atomic mass is 10.0. The summed E-state index contributed by atoms with van der Waals surface area (Å²) in [5.74, 6) is -1.21. The van der Waals surface area contributed by atoms with Crippen molar-refractivity contribution in [1.29, 1.82) is 0 Å². The van der Waals surface area contributed by atoms with Gasteiger partial charge in [0.2, 0.25) is 0 Å². The van der Waals surface area contributed by atoms with E-state index in [-0.39, 0.29) is 17.0 Å². The van der Waals surface area contributed by atoms with E-state index in [0.717, 1.165) is 4.68 Å². The lowest BCUT2D eigenvalue weighted by Crippen LogP contribution is -2.18. The number of rotatable bonds is 3. The maximum atomic E-state index is 13.4. The molecular weight excluding hydrogens is 347 g/mol. The first-order chi connectivity index (χ1) is 12.3. The largest absolute Gasteiger partial charge is 0.507 e. The molecule has 0 aliphatic rings. The summed E-state index contributed by atoms with van der Waals surface area (Å²) in [7, 11) is 1.29. The fraction of sp³-hybridized carbons (Fsp3) is 0.111. The third-order valence-corrected chi connectivity index (χ3v) is 3.73. The third kappa shape index (κ3) is 3.26. The molecular formula is C18H14F3N3O2. The number of aryl methyl sites for hydroxylation is 1. The molecule has 26 heavy (non-hydrogen) atoms. The summed E-state index contributed by atoms with van der Waals surface area (Å²) < 4.78 is 41.3. The molecule has 0 spiro atoms. The van der Waals surface area contributed by atoms with Gasteiger partial charge in [-0.1, -0.05) is 30.3 Å². The fourth-order valence-electron chi connectivity index (χ4n) is 2.64. The first kappa shape index (κ1) is 17.5. The summed E-state index contributed by atoms with van der Waals surface area (Å²) in [6.45, 7) is 0. The number of para-hydroxylation sites is 2. The number of benzene rings is 2. The molecule has 8 heteroatoms. The number of carbonyl (C=O) groups excluding carboxylic acids is 1. The van der Waals surface area contributed by atoms with Crippen molar-refractivity contribution in [2.24, 2.45) is 7.05 Å². The number of aromatic nitrogens is 2. The van der Waals surface area contributed by atoms with Gasteiger partial charge in [0.15, 0.2) is 5.69 Å². The highest BCUT2D eigenvalue weighted by atomic mass is 19.4. The van der Waals surface area contributed by atoms with E-state index in [1.54, 1.807) is 36.4 Å². The van der Waals surface area contributed by atoms with E-state index in [1.807, 2.05) is 0 Å². The monoisotopic (exact) mass is 361 g/mol. The van der Waals surface area contributed by atoms with Gasteiger partial charge in [-0.15, -0.1) is 0 Å². The Morgan fingerprint density at radius 3 is 2.31 bits per heavy atom. The smallest absolute Gasteiger partial charge is 0.435 e. The van der Waals surface area contributed by atoms with Crippen LogP contribution < -0.4 is 5.32 Å². The Kier molecular flexibility index (Phi) is 4.41. The number of anilines is 1. The molecule has 134 valence electrons. The molecule has 1 heterocycles. The van der Waals surface area contributed by atoms with E-state index in [9.17, 15) is 23.1 Å². The van der Waals surface area contributed by atoms with Crippen LogP contribution in [0.4, 0.5) is 18.9 Å². The summed E-state index contributed by atoms with van der Waals surface area (Å²) >= 11 is 0. The van der Waals surface area contributed by atoms with Gasteiger partial charge in [0.1, 0.15) is 5.75 Å². The number of phenolic OH excluding ortho intramolecular Hbond substituents is 1. The molecule has 0 unspecified atom stereocenters. The molecule has 2 N–H and O–H groups in total. The van der Waals surface area contributed by atoms with Crippen molar-refractivity contribution in [3.05, 3.63) is 65.9 Å². The van der Waals surface area contributed by atoms with E-state index in [4.69, 9.17) is 0 Å². The molecule has 0 atom stereocenters. The van der Waals surface area contributed by atoms with Crippen LogP contribution in [0.2, 0.25) is 0 Å². The van der Waals surface area contributed by atoms with E-state index >= 15 is 0 Å². The van der Waals surface area contributed by atoms with E-state index in [0.29, 0.717) is 5.69 Å². The van der Waals surface area contributed by atoms with Crippen LogP contribution >= 0.6 is 0 Å². The molecule has 0 aliphatic carbocycles. The number of hydrogen-bond acceptors (Lipinski definition) is 3. The number of alkyl halides is 3. The number of carbonyl (C=O) groups is 1. The molecule has 1 aromatic heterocycles. The van der Waals surface area contributed by atoms with E-state index < -0.39 is 23.3 Å². The maximum Gasteiger partial charge on any atom is 0.435 e. The molecule has 0 radical (unpaired) electrons. The molecule has 0 aliphatic heterocycles. The van der Waals surface area contributed by atoms with Crippen LogP contribution in [-0.2, 0) is 13.2 Å². The van der Waals surface area contributed by atoms with Crippen LogP contribution in [0.1, 0.15) is 16.1 Å². The molecule has 2 aromatic carbocycles.